The first-order valence-corrected chi connectivity index (χ1v) is 5.12. The van der Waals surface area contributed by atoms with Gasteiger partial charge in [0.05, 0.1) is 12.7 Å². The molecule has 3 heteroatoms. The first-order chi connectivity index (χ1) is 7.27. The van der Waals surface area contributed by atoms with Crippen LogP contribution in [-0.4, -0.2) is 21.1 Å². The lowest BCUT2D eigenvalue weighted by Gasteiger charge is -2.31. The van der Waals surface area contributed by atoms with Crippen molar-refractivity contribution < 1.29 is 4.74 Å². The highest BCUT2D eigenvalue weighted by atomic mass is 16.5. The molecule has 0 aromatic heterocycles. The van der Waals surface area contributed by atoms with Crippen LogP contribution in [0.2, 0.25) is 0 Å². The molecular formula is C12H12BNO. The van der Waals surface area contributed by atoms with Gasteiger partial charge in [0.2, 0.25) is 0 Å². The number of nitrogens with zero attached hydrogens (tertiary/aromatic N) is 1. The van der Waals surface area contributed by atoms with Crippen molar-refractivity contribution in [2.24, 2.45) is 0 Å². The minimum absolute atomic E-state index is 0.466. The van der Waals surface area contributed by atoms with Crippen molar-refractivity contribution in [1.82, 2.24) is 0 Å². The number of hydrogen-bond donors (Lipinski definition) is 0. The van der Waals surface area contributed by atoms with Crippen molar-refractivity contribution in [3.63, 3.8) is 0 Å². The van der Waals surface area contributed by atoms with E-state index in [1.165, 1.54) is 0 Å². The van der Waals surface area contributed by atoms with Crippen molar-refractivity contribution in [3.8, 4) is 6.07 Å². The third-order valence-corrected chi connectivity index (χ3v) is 2.92. The van der Waals surface area contributed by atoms with Crippen LogP contribution in [0.3, 0.4) is 0 Å². The van der Waals surface area contributed by atoms with Crippen LogP contribution < -0.4 is 5.46 Å². The van der Waals surface area contributed by atoms with E-state index in [1.807, 2.05) is 24.3 Å². The number of benzene rings is 1. The second-order valence-corrected chi connectivity index (χ2v) is 3.97. The third-order valence-electron chi connectivity index (χ3n) is 2.92. The molecule has 1 aliphatic rings. The Morgan fingerprint density at radius 1 is 1.33 bits per heavy atom. The standard InChI is InChI=1S/C12H12BNO/c13-11-4-2-10(3-5-11)12(8-14)6-1-7-15-9-12/h2-5H,1,6-7,9H2. The van der Waals surface area contributed by atoms with Gasteiger partial charge in [0.15, 0.2) is 0 Å². The second-order valence-electron chi connectivity index (χ2n) is 3.97. The Hall–Kier alpha value is -1.27. The van der Waals surface area contributed by atoms with E-state index in [-0.39, 0.29) is 0 Å². The monoisotopic (exact) mass is 197 g/mol. The lowest BCUT2D eigenvalue weighted by atomic mass is 9.77. The van der Waals surface area contributed by atoms with Crippen LogP contribution in [0, 0.1) is 11.3 Å². The zero-order valence-corrected chi connectivity index (χ0v) is 8.57. The lowest BCUT2D eigenvalue weighted by molar-refractivity contribution is 0.0563. The smallest absolute Gasteiger partial charge is 0.113 e. The molecule has 0 bridgehead atoms. The molecule has 2 rings (SSSR count). The van der Waals surface area contributed by atoms with Gasteiger partial charge in [-0.25, -0.2) is 0 Å². The maximum absolute atomic E-state index is 9.30. The highest BCUT2D eigenvalue weighted by molar-refractivity contribution is 6.32. The number of ether oxygens (including phenoxy) is 1. The molecule has 1 aliphatic heterocycles. The Bertz CT molecular complexity index is 374. The van der Waals surface area contributed by atoms with Crippen LogP contribution in [0.25, 0.3) is 0 Å². The van der Waals surface area contributed by atoms with Crippen LogP contribution in [0.15, 0.2) is 24.3 Å². The highest BCUT2D eigenvalue weighted by Gasteiger charge is 2.34. The van der Waals surface area contributed by atoms with Gasteiger partial charge in [0.25, 0.3) is 0 Å². The maximum Gasteiger partial charge on any atom is 0.113 e. The fraction of sp³-hybridized carbons (Fsp3) is 0.417. The Balaban J connectivity index is 2.33. The summed E-state index contributed by atoms with van der Waals surface area (Å²) in [6, 6.07) is 9.91. The van der Waals surface area contributed by atoms with E-state index in [4.69, 9.17) is 12.6 Å². The van der Waals surface area contributed by atoms with Crippen LogP contribution in [0.1, 0.15) is 18.4 Å². The molecule has 1 heterocycles. The van der Waals surface area contributed by atoms with E-state index in [9.17, 15) is 5.26 Å². The summed E-state index contributed by atoms with van der Waals surface area (Å²) in [4.78, 5) is 0. The largest absolute Gasteiger partial charge is 0.379 e. The average molecular weight is 197 g/mol. The van der Waals surface area contributed by atoms with Crippen molar-refractivity contribution in [3.05, 3.63) is 29.8 Å². The Labute approximate surface area is 91.3 Å². The van der Waals surface area contributed by atoms with Gasteiger partial charge < -0.3 is 4.74 Å². The molecular weight excluding hydrogens is 185 g/mol. The van der Waals surface area contributed by atoms with Gasteiger partial charge in [0.1, 0.15) is 13.3 Å². The summed E-state index contributed by atoms with van der Waals surface area (Å²) in [5.41, 5.74) is 1.27. The number of rotatable bonds is 1. The molecule has 1 aromatic carbocycles. The quantitative estimate of drug-likeness (QED) is 0.630. The van der Waals surface area contributed by atoms with Crippen molar-refractivity contribution in [2.75, 3.05) is 13.2 Å². The van der Waals surface area contributed by atoms with E-state index in [2.05, 4.69) is 6.07 Å². The molecule has 2 nitrogen and oxygen atoms in total. The second kappa shape index (κ2) is 4.08. The molecule has 1 fully saturated rings. The van der Waals surface area contributed by atoms with Crippen molar-refractivity contribution >= 4 is 13.3 Å². The SMILES string of the molecule is [B]c1ccc(C2(C#N)CCCOC2)cc1. The van der Waals surface area contributed by atoms with Crippen molar-refractivity contribution in [2.45, 2.75) is 18.3 Å². The zero-order chi connectivity index (χ0) is 10.7. The molecule has 0 saturated carbocycles. The van der Waals surface area contributed by atoms with Gasteiger partial charge in [-0.3, -0.25) is 0 Å². The average Bonchev–Trinajstić information content (AvgIpc) is 2.31. The van der Waals surface area contributed by atoms with Gasteiger partial charge >= 0.3 is 0 Å². The Kier molecular flexibility index (Phi) is 2.79. The molecule has 2 radical (unpaired) electrons. The predicted molar refractivity (Wildman–Crippen MR) is 59.2 cm³/mol. The summed E-state index contributed by atoms with van der Waals surface area (Å²) < 4.78 is 5.41. The Morgan fingerprint density at radius 3 is 2.60 bits per heavy atom. The molecule has 1 atom stereocenters. The molecule has 15 heavy (non-hydrogen) atoms. The molecule has 1 unspecified atom stereocenters. The summed E-state index contributed by atoms with van der Waals surface area (Å²) in [5.74, 6) is 0. The number of hydrogen-bond acceptors (Lipinski definition) is 2. The van der Waals surface area contributed by atoms with Crippen LogP contribution >= 0.6 is 0 Å². The third kappa shape index (κ3) is 1.91. The van der Waals surface area contributed by atoms with Crippen LogP contribution in [0.5, 0.6) is 0 Å². The van der Waals surface area contributed by atoms with Gasteiger partial charge in [-0.1, -0.05) is 29.7 Å². The highest BCUT2D eigenvalue weighted by Crippen LogP contribution is 2.31. The van der Waals surface area contributed by atoms with Gasteiger partial charge in [-0.15, -0.1) is 0 Å². The molecule has 0 spiro atoms. The zero-order valence-electron chi connectivity index (χ0n) is 8.57. The van der Waals surface area contributed by atoms with Crippen LogP contribution in [-0.2, 0) is 10.2 Å². The Morgan fingerprint density at radius 2 is 2.07 bits per heavy atom. The van der Waals surface area contributed by atoms with Gasteiger partial charge in [0, 0.05) is 6.61 Å². The summed E-state index contributed by atoms with van der Waals surface area (Å²) in [5, 5.41) is 9.30. The fourth-order valence-electron chi connectivity index (χ4n) is 1.98. The van der Waals surface area contributed by atoms with E-state index in [0.717, 1.165) is 30.5 Å². The molecule has 1 aromatic rings. The summed E-state index contributed by atoms with van der Waals surface area (Å²) in [6.45, 7) is 1.26. The minimum Gasteiger partial charge on any atom is -0.379 e. The molecule has 0 aliphatic carbocycles. The molecule has 0 amide bonds. The van der Waals surface area contributed by atoms with Gasteiger partial charge in [-0.2, -0.15) is 5.26 Å². The maximum atomic E-state index is 9.30. The first-order valence-electron chi connectivity index (χ1n) is 5.12. The van der Waals surface area contributed by atoms with Crippen molar-refractivity contribution in [1.29, 1.82) is 5.26 Å². The normalized spacial score (nSPS) is 25.8. The van der Waals surface area contributed by atoms with E-state index < -0.39 is 5.41 Å². The number of nitriles is 1. The summed E-state index contributed by atoms with van der Waals surface area (Å²) >= 11 is 0. The van der Waals surface area contributed by atoms with E-state index in [0.29, 0.717) is 6.61 Å². The topological polar surface area (TPSA) is 33.0 Å². The minimum atomic E-state index is -0.466. The van der Waals surface area contributed by atoms with Gasteiger partial charge in [-0.05, 0) is 18.4 Å². The van der Waals surface area contributed by atoms with E-state index >= 15 is 0 Å². The molecule has 1 saturated heterocycles. The fourth-order valence-corrected chi connectivity index (χ4v) is 1.98. The summed E-state index contributed by atoms with van der Waals surface area (Å²) in [6.07, 6.45) is 1.81. The van der Waals surface area contributed by atoms with E-state index in [1.54, 1.807) is 0 Å². The molecule has 74 valence electrons. The predicted octanol–water partition coefficient (Wildman–Crippen LogP) is 1.05. The summed E-state index contributed by atoms with van der Waals surface area (Å²) in [7, 11) is 5.63. The first kappa shape index (κ1) is 10.3. The molecule has 0 N–H and O–H groups in total. The lowest BCUT2D eigenvalue weighted by Crippen LogP contribution is -2.34. The van der Waals surface area contributed by atoms with Crippen LogP contribution in [0.4, 0.5) is 0 Å².